The summed E-state index contributed by atoms with van der Waals surface area (Å²) < 4.78 is 28.0. The first-order valence-electron chi connectivity index (χ1n) is 6.75. The first-order valence-corrected chi connectivity index (χ1v) is 8.57. The van der Waals surface area contributed by atoms with Crippen LogP contribution in [-0.2, 0) is 14.6 Å². The molecule has 1 saturated heterocycles. The number of carbonyl (C=O) groups is 1. The molecule has 1 aliphatic heterocycles. The Balaban J connectivity index is 2.56. The van der Waals surface area contributed by atoms with Gasteiger partial charge in [0.1, 0.15) is 0 Å². The highest BCUT2D eigenvalue weighted by Gasteiger charge is 2.34. The van der Waals surface area contributed by atoms with Crippen molar-refractivity contribution in [3.8, 4) is 0 Å². The van der Waals surface area contributed by atoms with E-state index in [1.165, 1.54) is 4.90 Å². The summed E-state index contributed by atoms with van der Waals surface area (Å²) in [6.07, 6.45) is 2.30. The molecule has 0 spiro atoms. The lowest BCUT2D eigenvalue weighted by Gasteiger charge is -2.27. The number of hydrogen-bond donors (Lipinski definition) is 1. The smallest absolute Gasteiger partial charge is 0.410 e. The summed E-state index contributed by atoms with van der Waals surface area (Å²) in [6, 6.07) is -0.266. The average molecular weight is 293 g/mol. The van der Waals surface area contributed by atoms with Gasteiger partial charge in [-0.1, -0.05) is 0 Å². The molecule has 0 aromatic carbocycles. The van der Waals surface area contributed by atoms with Crippen molar-refractivity contribution >= 4 is 15.9 Å². The van der Waals surface area contributed by atoms with Gasteiger partial charge in [0.05, 0.1) is 18.1 Å². The van der Waals surface area contributed by atoms with Crippen molar-refractivity contribution in [2.24, 2.45) is 0 Å². The molecule has 19 heavy (non-hydrogen) atoms. The molecule has 0 aromatic rings. The lowest BCUT2D eigenvalue weighted by Crippen LogP contribution is -2.42. The van der Waals surface area contributed by atoms with Crippen molar-refractivity contribution in [1.82, 2.24) is 4.90 Å². The first kappa shape index (κ1) is 16.2. The van der Waals surface area contributed by atoms with Gasteiger partial charge < -0.3 is 14.7 Å². The highest BCUT2D eigenvalue weighted by Crippen LogP contribution is 2.19. The summed E-state index contributed by atoms with van der Waals surface area (Å²) >= 11 is 0. The Morgan fingerprint density at radius 1 is 1.37 bits per heavy atom. The van der Waals surface area contributed by atoms with E-state index in [0.29, 0.717) is 19.4 Å². The van der Waals surface area contributed by atoms with E-state index in [1.807, 2.05) is 0 Å². The molecule has 1 rings (SSSR count). The molecule has 0 saturated carbocycles. The van der Waals surface area contributed by atoms with Crippen molar-refractivity contribution in [3.05, 3.63) is 0 Å². The predicted molar refractivity (Wildman–Crippen MR) is 71.7 cm³/mol. The quantitative estimate of drug-likeness (QED) is 0.702. The molecule has 1 fully saturated rings. The minimum Gasteiger partial charge on any atom is -0.450 e. The highest BCUT2D eigenvalue weighted by molar-refractivity contribution is 7.91. The van der Waals surface area contributed by atoms with Crippen LogP contribution in [0, 0.1) is 0 Å². The molecule has 1 atom stereocenters. The van der Waals surface area contributed by atoms with Crippen LogP contribution >= 0.6 is 0 Å². The Kier molecular flexibility index (Phi) is 6.57. The van der Waals surface area contributed by atoms with E-state index in [0.717, 1.165) is 12.8 Å². The Morgan fingerprint density at radius 2 is 2.11 bits per heavy atom. The topological polar surface area (TPSA) is 83.9 Å². The van der Waals surface area contributed by atoms with Gasteiger partial charge in [0.15, 0.2) is 9.84 Å². The minimum absolute atomic E-state index is 0.0335. The zero-order chi connectivity index (χ0) is 14.3. The summed E-state index contributed by atoms with van der Waals surface area (Å²) in [5.41, 5.74) is 0. The van der Waals surface area contributed by atoms with E-state index in [9.17, 15) is 13.2 Å². The molecule has 7 heteroatoms. The fourth-order valence-electron chi connectivity index (χ4n) is 2.22. The second kappa shape index (κ2) is 7.69. The second-order valence-corrected chi connectivity index (χ2v) is 6.96. The number of ether oxygens (including phenoxy) is 1. The normalized spacial score (nSPS) is 21.3. The Hall–Kier alpha value is -0.820. The van der Waals surface area contributed by atoms with Crippen LogP contribution in [-0.4, -0.2) is 61.8 Å². The van der Waals surface area contributed by atoms with Crippen LogP contribution in [0.4, 0.5) is 4.79 Å². The summed E-state index contributed by atoms with van der Waals surface area (Å²) in [4.78, 5) is 13.4. The SMILES string of the molecule is CCOC(=O)N(CCCCCO)[C@@H]1CCS(=O)(=O)C1. The van der Waals surface area contributed by atoms with Gasteiger partial charge in [-0.3, -0.25) is 0 Å². The van der Waals surface area contributed by atoms with Crippen LogP contribution < -0.4 is 0 Å². The largest absolute Gasteiger partial charge is 0.450 e. The van der Waals surface area contributed by atoms with E-state index in [1.54, 1.807) is 6.92 Å². The van der Waals surface area contributed by atoms with E-state index in [4.69, 9.17) is 9.84 Å². The number of amides is 1. The molecule has 1 aliphatic rings. The van der Waals surface area contributed by atoms with Crippen molar-refractivity contribution in [1.29, 1.82) is 0 Å². The third-order valence-corrected chi connectivity index (χ3v) is 4.96. The van der Waals surface area contributed by atoms with Crippen LogP contribution in [0.25, 0.3) is 0 Å². The van der Waals surface area contributed by atoms with Crippen LogP contribution in [0.5, 0.6) is 0 Å². The number of unbranched alkanes of at least 4 members (excludes halogenated alkanes) is 2. The molecule has 0 unspecified atom stereocenters. The molecule has 0 bridgehead atoms. The molecule has 1 N–H and O–H groups in total. The molecule has 1 amide bonds. The van der Waals surface area contributed by atoms with Gasteiger partial charge >= 0.3 is 6.09 Å². The number of sulfone groups is 1. The summed E-state index contributed by atoms with van der Waals surface area (Å²) in [5, 5.41) is 8.72. The van der Waals surface area contributed by atoms with Crippen LogP contribution in [0.1, 0.15) is 32.6 Å². The van der Waals surface area contributed by atoms with E-state index >= 15 is 0 Å². The first-order chi connectivity index (χ1) is 9.00. The molecule has 0 aliphatic carbocycles. The van der Waals surface area contributed by atoms with Gasteiger partial charge in [-0.2, -0.15) is 0 Å². The van der Waals surface area contributed by atoms with Crippen molar-refractivity contribution in [2.75, 3.05) is 31.3 Å². The third kappa shape index (κ3) is 5.36. The fraction of sp³-hybridized carbons (Fsp3) is 0.917. The Bertz CT molecular complexity index is 382. The molecule has 112 valence electrons. The summed E-state index contributed by atoms with van der Waals surface area (Å²) in [6.45, 7) is 2.63. The minimum atomic E-state index is -3.01. The van der Waals surface area contributed by atoms with E-state index < -0.39 is 15.9 Å². The standard InChI is InChI=1S/C12H23NO5S/c1-2-18-12(15)13(7-4-3-5-8-14)11-6-9-19(16,17)10-11/h11,14H,2-10H2,1H3/t11-/m1/s1. The van der Waals surface area contributed by atoms with Crippen LogP contribution in [0.15, 0.2) is 0 Å². The zero-order valence-electron chi connectivity index (χ0n) is 11.4. The number of aliphatic hydroxyl groups excluding tert-OH is 1. The third-order valence-electron chi connectivity index (χ3n) is 3.21. The van der Waals surface area contributed by atoms with Gasteiger partial charge in [-0.05, 0) is 32.6 Å². The Morgan fingerprint density at radius 3 is 2.63 bits per heavy atom. The number of aliphatic hydroxyl groups is 1. The van der Waals surface area contributed by atoms with Crippen molar-refractivity contribution < 1.29 is 23.1 Å². The maximum absolute atomic E-state index is 11.9. The predicted octanol–water partition coefficient (Wildman–Crippen LogP) is 0.795. The molecule has 0 aromatic heterocycles. The lowest BCUT2D eigenvalue weighted by atomic mass is 10.2. The summed E-state index contributed by atoms with van der Waals surface area (Å²) in [7, 11) is -3.01. The maximum atomic E-state index is 11.9. The van der Waals surface area contributed by atoms with Gasteiger partial charge in [0, 0.05) is 19.2 Å². The maximum Gasteiger partial charge on any atom is 0.410 e. The Labute approximate surface area is 114 Å². The van der Waals surface area contributed by atoms with Gasteiger partial charge in [0.2, 0.25) is 0 Å². The number of rotatable bonds is 7. The number of nitrogens with zero attached hydrogens (tertiary/aromatic N) is 1. The van der Waals surface area contributed by atoms with E-state index in [2.05, 4.69) is 0 Å². The molecular formula is C12H23NO5S. The average Bonchev–Trinajstić information content (AvgIpc) is 2.69. The lowest BCUT2D eigenvalue weighted by molar-refractivity contribution is 0.0930. The highest BCUT2D eigenvalue weighted by atomic mass is 32.2. The van der Waals surface area contributed by atoms with Crippen LogP contribution in [0.2, 0.25) is 0 Å². The molecule has 1 heterocycles. The van der Waals surface area contributed by atoms with Gasteiger partial charge in [0.25, 0.3) is 0 Å². The summed E-state index contributed by atoms with van der Waals surface area (Å²) in [5.74, 6) is 0.177. The van der Waals surface area contributed by atoms with Crippen molar-refractivity contribution in [2.45, 2.75) is 38.6 Å². The van der Waals surface area contributed by atoms with Gasteiger partial charge in [-0.25, -0.2) is 13.2 Å². The van der Waals surface area contributed by atoms with Crippen LogP contribution in [0.3, 0.4) is 0 Å². The van der Waals surface area contributed by atoms with E-state index in [-0.39, 0.29) is 30.8 Å². The van der Waals surface area contributed by atoms with Gasteiger partial charge in [-0.15, -0.1) is 0 Å². The molecular weight excluding hydrogens is 270 g/mol. The number of carbonyl (C=O) groups excluding carboxylic acids is 1. The zero-order valence-corrected chi connectivity index (χ0v) is 12.2. The molecule has 0 radical (unpaired) electrons. The van der Waals surface area contributed by atoms with Crippen molar-refractivity contribution in [3.63, 3.8) is 0 Å². The fourth-order valence-corrected chi connectivity index (χ4v) is 3.95. The number of hydrogen-bond acceptors (Lipinski definition) is 5. The second-order valence-electron chi connectivity index (χ2n) is 4.73. The monoisotopic (exact) mass is 293 g/mol. The molecule has 6 nitrogen and oxygen atoms in total.